The van der Waals surface area contributed by atoms with Crippen molar-refractivity contribution in [1.82, 2.24) is 9.80 Å². The van der Waals surface area contributed by atoms with Crippen molar-refractivity contribution in [2.45, 2.75) is 32.0 Å². The van der Waals surface area contributed by atoms with E-state index in [-0.39, 0.29) is 24.8 Å². The Kier molecular flexibility index (Phi) is 3.75. The Hall–Kier alpha value is -1.30. The Morgan fingerprint density at radius 2 is 1.94 bits per heavy atom. The molecule has 3 unspecified atom stereocenters. The number of carbonyl (C=O) groups is 2. The monoisotopic (exact) mass is 256 g/mol. The zero-order valence-corrected chi connectivity index (χ0v) is 10.8. The Morgan fingerprint density at radius 1 is 1.39 bits per heavy atom. The average molecular weight is 256 g/mol. The molecule has 0 aromatic carbocycles. The van der Waals surface area contributed by atoms with Crippen LogP contribution in [0.1, 0.15) is 19.8 Å². The summed E-state index contributed by atoms with van der Waals surface area (Å²) in [5.41, 5.74) is 0. The van der Waals surface area contributed by atoms with Gasteiger partial charge in [-0.15, -0.1) is 0 Å². The maximum absolute atomic E-state index is 12.2. The first-order valence-electron chi connectivity index (χ1n) is 6.35. The summed E-state index contributed by atoms with van der Waals surface area (Å²) in [5.74, 6) is -1.42. The molecule has 102 valence electrons. The predicted octanol–water partition coefficient (Wildman–Crippen LogP) is 0.622. The zero-order chi connectivity index (χ0) is 13.3. The molecule has 2 bridgehead atoms. The molecule has 1 N–H and O–H groups in total. The van der Waals surface area contributed by atoms with Crippen LogP contribution in [0.25, 0.3) is 0 Å². The fraction of sp³-hybridized carbons (Fsp3) is 0.833. The highest BCUT2D eigenvalue weighted by Gasteiger charge is 2.36. The summed E-state index contributed by atoms with van der Waals surface area (Å²) in [6.07, 6.45) is 2.36. The van der Waals surface area contributed by atoms with E-state index in [0.717, 1.165) is 12.8 Å². The molecule has 2 heterocycles. The van der Waals surface area contributed by atoms with E-state index in [2.05, 4.69) is 0 Å². The van der Waals surface area contributed by atoms with Gasteiger partial charge in [-0.05, 0) is 12.8 Å². The molecule has 6 nitrogen and oxygen atoms in total. The van der Waals surface area contributed by atoms with Crippen molar-refractivity contribution < 1.29 is 19.4 Å². The third-order valence-electron chi connectivity index (χ3n) is 3.61. The Labute approximate surface area is 106 Å². The van der Waals surface area contributed by atoms with Gasteiger partial charge in [0, 0.05) is 26.7 Å². The lowest BCUT2D eigenvalue weighted by molar-refractivity contribution is -0.141. The van der Waals surface area contributed by atoms with Crippen LogP contribution in [0, 0.1) is 5.92 Å². The minimum absolute atomic E-state index is 0.0942. The molecule has 0 radical (unpaired) electrons. The zero-order valence-electron chi connectivity index (χ0n) is 10.8. The number of morpholine rings is 1. The maximum Gasteiger partial charge on any atom is 0.319 e. The van der Waals surface area contributed by atoms with E-state index in [9.17, 15) is 9.59 Å². The number of carbonyl (C=O) groups excluding carboxylic acids is 1. The molecule has 18 heavy (non-hydrogen) atoms. The van der Waals surface area contributed by atoms with Gasteiger partial charge in [0.15, 0.2) is 0 Å². The molecule has 2 saturated heterocycles. The summed E-state index contributed by atoms with van der Waals surface area (Å²) in [6.45, 7) is 3.10. The van der Waals surface area contributed by atoms with Gasteiger partial charge in [-0.3, -0.25) is 4.79 Å². The highest BCUT2D eigenvalue weighted by molar-refractivity contribution is 5.76. The Morgan fingerprint density at radius 3 is 2.44 bits per heavy atom. The molecular formula is C12H20N2O4. The first-order valence-corrected chi connectivity index (χ1v) is 6.35. The molecule has 2 fully saturated rings. The second-order valence-corrected chi connectivity index (χ2v) is 5.26. The largest absolute Gasteiger partial charge is 0.481 e. The van der Waals surface area contributed by atoms with Gasteiger partial charge >= 0.3 is 12.0 Å². The van der Waals surface area contributed by atoms with Gasteiger partial charge in [0.25, 0.3) is 0 Å². The van der Waals surface area contributed by atoms with Crippen LogP contribution >= 0.6 is 0 Å². The highest BCUT2D eigenvalue weighted by Crippen LogP contribution is 2.26. The molecule has 0 spiro atoms. The topological polar surface area (TPSA) is 70.1 Å². The normalized spacial score (nSPS) is 28.0. The Balaban J connectivity index is 1.88. The second kappa shape index (κ2) is 5.14. The summed E-state index contributed by atoms with van der Waals surface area (Å²) in [6, 6.07) is -0.0942. The number of ether oxygens (including phenoxy) is 1. The lowest BCUT2D eigenvalue weighted by atomic mass is 10.2. The second-order valence-electron chi connectivity index (χ2n) is 5.26. The molecule has 3 atom stereocenters. The van der Waals surface area contributed by atoms with E-state index >= 15 is 0 Å². The van der Waals surface area contributed by atoms with Crippen LogP contribution in [0.2, 0.25) is 0 Å². The van der Waals surface area contributed by atoms with Crippen LogP contribution in [-0.4, -0.2) is 65.8 Å². The first-order chi connectivity index (χ1) is 8.47. The van der Waals surface area contributed by atoms with Crippen LogP contribution < -0.4 is 0 Å². The van der Waals surface area contributed by atoms with Gasteiger partial charge in [0.2, 0.25) is 0 Å². The molecule has 2 aliphatic heterocycles. The summed E-state index contributed by atoms with van der Waals surface area (Å²) in [5, 5.41) is 8.85. The van der Waals surface area contributed by atoms with Crippen molar-refractivity contribution in [2.24, 2.45) is 5.92 Å². The van der Waals surface area contributed by atoms with Crippen LogP contribution in [0.15, 0.2) is 0 Å². The third kappa shape index (κ3) is 2.75. The number of carboxylic acid groups (broad SMARTS) is 1. The van der Waals surface area contributed by atoms with Crippen molar-refractivity contribution in [1.29, 1.82) is 0 Å². The molecule has 0 aliphatic carbocycles. The van der Waals surface area contributed by atoms with Crippen molar-refractivity contribution in [2.75, 3.05) is 26.7 Å². The standard InChI is InChI=1S/C12H20N2O4/c1-8(11(15)16)5-13(2)12(17)14-6-9-3-4-10(7-14)18-9/h8-10H,3-7H2,1-2H3,(H,15,16). The van der Waals surface area contributed by atoms with E-state index in [1.54, 1.807) is 18.9 Å². The number of hydrogen-bond acceptors (Lipinski definition) is 3. The number of rotatable bonds is 3. The maximum atomic E-state index is 12.2. The van der Waals surface area contributed by atoms with E-state index < -0.39 is 11.9 Å². The number of nitrogens with zero attached hydrogens (tertiary/aromatic N) is 2. The summed E-state index contributed by atoms with van der Waals surface area (Å²) in [4.78, 5) is 26.2. The molecule has 2 aliphatic rings. The lowest BCUT2D eigenvalue weighted by Gasteiger charge is -2.35. The SMILES string of the molecule is CC(CN(C)C(=O)N1CC2CCC(C1)O2)C(=O)O. The van der Waals surface area contributed by atoms with Crippen LogP contribution in [0.4, 0.5) is 4.79 Å². The fourth-order valence-electron chi connectivity index (χ4n) is 2.58. The summed E-state index contributed by atoms with van der Waals surface area (Å²) >= 11 is 0. The highest BCUT2D eigenvalue weighted by atomic mass is 16.5. The molecule has 0 aromatic rings. The molecule has 6 heteroatoms. The van der Waals surface area contributed by atoms with Crippen LogP contribution in [0.5, 0.6) is 0 Å². The van der Waals surface area contributed by atoms with Crippen LogP contribution in [-0.2, 0) is 9.53 Å². The summed E-state index contributed by atoms with van der Waals surface area (Å²) in [7, 11) is 1.65. The predicted molar refractivity (Wildman–Crippen MR) is 64.3 cm³/mol. The van der Waals surface area contributed by atoms with E-state index in [4.69, 9.17) is 9.84 Å². The van der Waals surface area contributed by atoms with Gasteiger partial charge in [-0.1, -0.05) is 6.92 Å². The number of amides is 2. The van der Waals surface area contributed by atoms with Crippen molar-refractivity contribution in [3.05, 3.63) is 0 Å². The first kappa shape index (κ1) is 13.1. The molecule has 0 saturated carbocycles. The lowest BCUT2D eigenvalue weighted by Crippen LogP contribution is -2.51. The number of aliphatic carboxylic acids is 1. The number of fused-ring (bicyclic) bond motifs is 2. The number of hydrogen-bond donors (Lipinski definition) is 1. The van der Waals surface area contributed by atoms with Gasteiger partial charge in [0.1, 0.15) is 0 Å². The quantitative estimate of drug-likeness (QED) is 0.803. The van der Waals surface area contributed by atoms with Crippen molar-refractivity contribution in [3.63, 3.8) is 0 Å². The average Bonchev–Trinajstić information content (AvgIpc) is 2.66. The van der Waals surface area contributed by atoms with Gasteiger partial charge in [-0.25, -0.2) is 4.79 Å². The van der Waals surface area contributed by atoms with E-state index in [1.807, 2.05) is 0 Å². The van der Waals surface area contributed by atoms with Gasteiger partial charge < -0.3 is 19.6 Å². The van der Waals surface area contributed by atoms with Crippen molar-refractivity contribution >= 4 is 12.0 Å². The molecular weight excluding hydrogens is 236 g/mol. The minimum Gasteiger partial charge on any atom is -0.481 e. The number of carboxylic acids is 1. The molecule has 2 rings (SSSR count). The number of likely N-dealkylation sites (tertiary alicyclic amines) is 1. The van der Waals surface area contributed by atoms with E-state index in [1.165, 1.54) is 4.90 Å². The smallest absolute Gasteiger partial charge is 0.319 e. The van der Waals surface area contributed by atoms with Crippen LogP contribution in [0.3, 0.4) is 0 Å². The van der Waals surface area contributed by atoms with E-state index in [0.29, 0.717) is 13.1 Å². The minimum atomic E-state index is -0.878. The fourth-order valence-corrected chi connectivity index (χ4v) is 2.58. The summed E-state index contributed by atoms with van der Waals surface area (Å²) < 4.78 is 5.67. The third-order valence-corrected chi connectivity index (χ3v) is 3.61. The van der Waals surface area contributed by atoms with Gasteiger partial charge in [0.05, 0.1) is 18.1 Å². The number of urea groups is 1. The van der Waals surface area contributed by atoms with Gasteiger partial charge in [-0.2, -0.15) is 0 Å². The molecule has 2 amide bonds. The van der Waals surface area contributed by atoms with Crippen molar-refractivity contribution in [3.8, 4) is 0 Å². The molecule has 0 aromatic heterocycles. The Bertz CT molecular complexity index is 335.